The average Bonchev–Trinajstić information content (AvgIpc) is 3.05. The van der Waals surface area contributed by atoms with Crippen molar-refractivity contribution in [3.8, 4) is 5.75 Å². The van der Waals surface area contributed by atoms with Crippen molar-refractivity contribution in [1.29, 1.82) is 0 Å². The van der Waals surface area contributed by atoms with E-state index in [2.05, 4.69) is 5.32 Å². The molecule has 3 rings (SSSR count). The Labute approximate surface area is 152 Å². The van der Waals surface area contributed by atoms with Crippen molar-refractivity contribution in [3.63, 3.8) is 0 Å². The van der Waals surface area contributed by atoms with E-state index in [4.69, 9.17) is 9.47 Å². The predicted molar refractivity (Wildman–Crippen MR) is 99.2 cm³/mol. The minimum atomic E-state index is -0.389. The van der Waals surface area contributed by atoms with Gasteiger partial charge in [0.05, 0.1) is 19.6 Å². The Morgan fingerprint density at radius 1 is 1.15 bits per heavy atom. The van der Waals surface area contributed by atoms with Crippen LogP contribution in [0, 0.1) is 5.92 Å². The van der Waals surface area contributed by atoms with E-state index in [-0.39, 0.29) is 24.2 Å². The van der Waals surface area contributed by atoms with E-state index in [1.807, 2.05) is 36.4 Å². The van der Waals surface area contributed by atoms with Crippen LogP contribution in [0.2, 0.25) is 0 Å². The molecule has 2 amide bonds. The van der Waals surface area contributed by atoms with Gasteiger partial charge in [-0.3, -0.25) is 9.59 Å². The molecule has 6 heteroatoms. The van der Waals surface area contributed by atoms with E-state index >= 15 is 0 Å². The molecule has 0 bridgehead atoms. The van der Waals surface area contributed by atoms with Crippen molar-refractivity contribution >= 4 is 23.2 Å². The summed E-state index contributed by atoms with van der Waals surface area (Å²) in [7, 11) is 3.21. The van der Waals surface area contributed by atoms with Gasteiger partial charge in [-0.25, -0.2) is 0 Å². The number of carbonyl (C=O) groups is 2. The van der Waals surface area contributed by atoms with E-state index in [9.17, 15) is 9.59 Å². The minimum absolute atomic E-state index is 0.0551. The second kappa shape index (κ2) is 8.01. The first kappa shape index (κ1) is 17.9. The van der Waals surface area contributed by atoms with Crippen molar-refractivity contribution < 1.29 is 19.1 Å². The molecule has 0 aliphatic carbocycles. The fourth-order valence-electron chi connectivity index (χ4n) is 3.05. The highest BCUT2D eigenvalue weighted by Crippen LogP contribution is 2.28. The van der Waals surface area contributed by atoms with Gasteiger partial charge in [-0.2, -0.15) is 0 Å². The van der Waals surface area contributed by atoms with Crippen LogP contribution < -0.4 is 15.0 Å². The van der Waals surface area contributed by atoms with Crippen molar-refractivity contribution in [2.75, 3.05) is 31.0 Å². The Bertz CT molecular complexity index is 789. The predicted octanol–water partition coefficient (Wildman–Crippen LogP) is 2.83. The summed E-state index contributed by atoms with van der Waals surface area (Å²) in [4.78, 5) is 26.6. The number of hydrogen-bond donors (Lipinski definition) is 1. The number of carbonyl (C=O) groups excluding carboxylic acids is 2. The van der Waals surface area contributed by atoms with Crippen molar-refractivity contribution in [3.05, 3.63) is 54.1 Å². The largest absolute Gasteiger partial charge is 0.497 e. The highest BCUT2D eigenvalue weighted by Gasteiger charge is 2.35. The smallest absolute Gasteiger partial charge is 0.229 e. The monoisotopic (exact) mass is 354 g/mol. The molecule has 0 spiro atoms. The van der Waals surface area contributed by atoms with Crippen LogP contribution in [0.4, 0.5) is 11.4 Å². The molecule has 26 heavy (non-hydrogen) atoms. The standard InChI is InChI=1S/C20H22N2O4/c1-25-13-14-5-3-4-6-18(14)21-20(24)15-11-19(23)22(12-15)16-7-9-17(26-2)10-8-16/h3-10,15H,11-13H2,1-2H3,(H,21,24). The lowest BCUT2D eigenvalue weighted by Crippen LogP contribution is -2.28. The Balaban J connectivity index is 1.69. The molecule has 1 atom stereocenters. The molecule has 0 saturated carbocycles. The number of benzene rings is 2. The van der Waals surface area contributed by atoms with E-state index in [0.29, 0.717) is 13.2 Å². The second-order valence-corrected chi connectivity index (χ2v) is 6.18. The van der Waals surface area contributed by atoms with Gasteiger partial charge in [0.1, 0.15) is 5.75 Å². The molecule has 1 unspecified atom stereocenters. The summed E-state index contributed by atoms with van der Waals surface area (Å²) in [6, 6.07) is 14.8. The molecule has 1 fully saturated rings. The van der Waals surface area contributed by atoms with Gasteiger partial charge < -0.3 is 19.7 Å². The van der Waals surface area contributed by atoms with Crippen LogP contribution in [0.25, 0.3) is 0 Å². The first-order chi connectivity index (χ1) is 12.6. The van der Waals surface area contributed by atoms with Gasteiger partial charge in [0.15, 0.2) is 0 Å². The maximum absolute atomic E-state index is 12.6. The summed E-state index contributed by atoms with van der Waals surface area (Å²) in [6.07, 6.45) is 0.199. The summed E-state index contributed by atoms with van der Waals surface area (Å²) in [5, 5.41) is 2.93. The van der Waals surface area contributed by atoms with Crippen LogP contribution in [-0.4, -0.2) is 32.6 Å². The molecule has 0 aromatic heterocycles. The summed E-state index contributed by atoms with van der Waals surface area (Å²) in [6.45, 7) is 0.779. The average molecular weight is 354 g/mol. The molecule has 1 N–H and O–H groups in total. The number of ether oxygens (including phenoxy) is 2. The van der Waals surface area contributed by atoms with Gasteiger partial charge in [0.2, 0.25) is 11.8 Å². The third-order valence-electron chi connectivity index (χ3n) is 4.45. The van der Waals surface area contributed by atoms with Crippen LogP contribution in [0.15, 0.2) is 48.5 Å². The number of rotatable bonds is 6. The summed E-state index contributed by atoms with van der Waals surface area (Å²) in [5.74, 6) is 0.128. The number of methoxy groups -OCH3 is 2. The lowest BCUT2D eigenvalue weighted by Gasteiger charge is -2.17. The number of anilines is 2. The maximum Gasteiger partial charge on any atom is 0.229 e. The van der Waals surface area contributed by atoms with Crippen molar-refractivity contribution in [1.82, 2.24) is 0 Å². The third kappa shape index (κ3) is 3.86. The van der Waals surface area contributed by atoms with Gasteiger partial charge >= 0.3 is 0 Å². The quantitative estimate of drug-likeness (QED) is 0.866. The molecule has 1 saturated heterocycles. The Morgan fingerprint density at radius 3 is 2.58 bits per heavy atom. The summed E-state index contributed by atoms with van der Waals surface area (Å²) >= 11 is 0. The summed E-state index contributed by atoms with van der Waals surface area (Å²) < 4.78 is 10.3. The lowest BCUT2D eigenvalue weighted by atomic mass is 10.1. The zero-order valence-electron chi connectivity index (χ0n) is 14.9. The Hall–Kier alpha value is -2.86. The number of nitrogens with zero attached hydrogens (tertiary/aromatic N) is 1. The van der Waals surface area contributed by atoms with E-state index in [1.54, 1.807) is 31.3 Å². The molecule has 1 aliphatic heterocycles. The van der Waals surface area contributed by atoms with Gasteiger partial charge in [-0.15, -0.1) is 0 Å². The normalized spacial score (nSPS) is 16.6. The molecule has 1 heterocycles. The molecule has 2 aromatic carbocycles. The fourth-order valence-corrected chi connectivity index (χ4v) is 3.05. The number of hydrogen-bond acceptors (Lipinski definition) is 4. The first-order valence-corrected chi connectivity index (χ1v) is 8.44. The molecule has 2 aromatic rings. The highest BCUT2D eigenvalue weighted by atomic mass is 16.5. The Morgan fingerprint density at radius 2 is 1.88 bits per heavy atom. The number of para-hydroxylation sites is 1. The maximum atomic E-state index is 12.6. The van der Waals surface area contributed by atoms with E-state index in [1.165, 1.54) is 0 Å². The molecular formula is C20H22N2O4. The molecule has 6 nitrogen and oxygen atoms in total. The minimum Gasteiger partial charge on any atom is -0.497 e. The molecule has 1 aliphatic rings. The number of amides is 2. The lowest BCUT2D eigenvalue weighted by molar-refractivity contribution is -0.122. The fraction of sp³-hybridized carbons (Fsp3) is 0.300. The van der Waals surface area contributed by atoms with Crippen LogP contribution in [0.1, 0.15) is 12.0 Å². The summed E-state index contributed by atoms with van der Waals surface area (Å²) in [5.41, 5.74) is 2.39. The van der Waals surface area contributed by atoms with Gasteiger partial charge in [-0.05, 0) is 30.3 Å². The molecular weight excluding hydrogens is 332 g/mol. The van der Waals surface area contributed by atoms with E-state index < -0.39 is 0 Å². The second-order valence-electron chi connectivity index (χ2n) is 6.18. The topological polar surface area (TPSA) is 67.9 Å². The number of nitrogens with one attached hydrogen (secondary N) is 1. The third-order valence-corrected chi connectivity index (χ3v) is 4.45. The zero-order valence-corrected chi connectivity index (χ0v) is 14.9. The van der Waals surface area contributed by atoms with E-state index in [0.717, 1.165) is 22.7 Å². The Kier molecular flexibility index (Phi) is 5.53. The van der Waals surface area contributed by atoms with Crippen LogP contribution >= 0.6 is 0 Å². The molecule has 136 valence electrons. The van der Waals surface area contributed by atoms with Crippen LogP contribution in [0.5, 0.6) is 5.75 Å². The van der Waals surface area contributed by atoms with Gasteiger partial charge in [0, 0.05) is 37.0 Å². The molecule has 0 radical (unpaired) electrons. The SMILES string of the molecule is COCc1ccccc1NC(=O)C1CC(=O)N(c2ccc(OC)cc2)C1. The van der Waals surface area contributed by atoms with Crippen molar-refractivity contribution in [2.24, 2.45) is 5.92 Å². The van der Waals surface area contributed by atoms with Crippen LogP contribution in [0.3, 0.4) is 0 Å². The zero-order chi connectivity index (χ0) is 18.5. The van der Waals surface area contributed by atoms with Crippen LogP contribution in [-0.2, 0) is 20.9 Å². The van der Waals surface area contributed by atoms with Gasteiger partial charge in [-0.1, -0.05) is 18.2 Å². The highest BCUT2D eigenvalue weighted by molar-refractivity contribution is 6.03. The van der Waals surface area contributed by atoms with Crippen molar-refractivity contribution in [2.45, 2.75) is 13.0 Å². The first-order valence-electron chi connectivity index (χ1n) is 8.44. The van der Waals surface area contributed by atoms with Gasteiger partial charge in [0.25, 0.3) is 0 Å².